The predicted octanol–water partition coefficient (Wildman–Crippen LogP) is -8.25. The molecule has 0 bridgehead atoms. The summed E-state index contributed by atoms with van der Waals surface area (Å²) < 4.78 is 0. The van der Waals surface area contributed by atoms with E-state index in [2.05, 4.69) is 187 Å². The molecule has 18 amide bonds. The second-order valence-electron chi connectivity index (χ2n) is 30.6. The molecule has 0 aromatic heterocycles. The molecule has 0 unspecified atom stereocenters. The first-order chi connectivity index (χ1) is 61.0. The summed E-state index contributed by atoms with van der Waals surface area (Å²) in [6, 6.07) is -15.2. The van der Waals surface area contributed by atoms with Crippen LogP contribution in [0.25, 0.3) is 0 Å². The van der Waals surface area contributed by atoms with Gasteiger partial charge < -0.3 is 134 Å². The molecule has 1 aromatic rings. The summed E-state index contributed by atoms with van der Waals surface area (Å²) in [6.45, 7) is 10.00. The van der Waals surface area contributed by atoms with Crippen LogP contribution in [-0.2, 0) is 92.7 Å². The fourth-order valence-electron chi connectivity index (χ4n) is 12.2. The SMILES string of the molecule is CC[C@H](C)[C@@H]1NC(=O)CNC(=O)[C@H](CCCNC(=N)N)NC(=O)CNC(=O)[C@H](CS)NC(=O)[C@H]([C@@H](C)CC)NC(=O)[C@H](CS)NC(=O)[C@H](Cc2ccc(O)cc2)NC(=O)[C@H](CS)NC(=O)[C@H]([C@@H](C)CC)NC(=O)CNC(=O)[C@H](CCCNC(=N)N)NC(=O)CNC(=O)[C@H](CS)NC(=O)[C@H]([C@@H](C)CC)NC(=O)[C@H](CS)NC(=O)[C@H](CCCNC(=N)N)NC(=O)[C@H](CS)NC1=O. The number of phenols is 1. The van der Waals surface area contributed by atoms with Crippen molar-refractivity contribution in [3.05, 3.63) is 29.8 Å². The Morgan fingerprint density at radius 3 is 0.798 bits per heavy atom. The lowest BCUT2D eigenvalue weighted by molar-refractivity contribution is -0.136. The Morgan fingerprint density at radius 2 is 0.527 bits per heavy atom. The number of hydrogen-bond acceptors (Lipinski definition) is 28. The van der Waals surface area contributed by atoms with Crippen LogP contribution < -0.4 is 129 Å². The van der Waals surface area contributed by atoms with Gasteiger partial charge in [0.15, 0.2) is 17.9 Å². The number of hydrogen-bond donors (Lipinski definition) is 34. The van der Waals surface area contributed by atoms with Gasteiger partial charge >= 0.3 is 0 Å². The van der Waals surface area contributed by atoms with Gasteiger partial charge in [-0.2, -0.15) is 75.8 Å². The molecule has 0 radical (unpaired) electrons. The van der Waals surface area contributed by atoms with E-state index in [1.165, 1.54) is 24.3 Å². The van der Waals surface area contributed by atoms with E-state index in [-0.39, 0.29) is 108 Å². The highest BCUT2D eigenvalue weighted by molar-refractivity contribution is 7.81. The molecule has 1 heterocycles. The molecule has 18 atom stereocenters. The van der Waals surface area contributed by atoms with E-state index in [9.17, 15) is 91.4 Å². The molecule has 31 N–H and O–H groups in total. The summed E-state index contributed by atoms with van der Waals surface area (Å²) in [7, 11) is 0. The largest absolute Gasteiger partial charge is 0.508 e. The van der Waals surface area contributed by atoms with Crippen LogP contribution in [0.2, 0.25) is 0 Å². The van der Waals surface area contributed by atoms with Crippen LogP contribution in [0.4, 0.5) is 0 Å². The number of guanidine groups is 3. The zero-order valence-electron chi connectivity index (χ0n) is 73.4. The van der Waals surface area contributed by atoms with E-state index >= 15 is 0 Å². The number of rotatable bonds is 28. The number of phenolic OH excluding ortho intramolecular Hbond substituents is 1. The second kappa shape index (κ2) is 61.1. The van der Waals surface area contributed by atoms with Crippen LogP contribution in [-0.4, -0.2) is 294 Å². The van der Waals surface area contributed by atoms with Crippen molar-refractivity contribution in [3.8, 4) is 5.75 Å². The topological polar surface area (TPSA) is 730 Å². The Balaban J connectivity index is 2.80. The van der Waals surface area contributed by atoms with Crippen molar-refractivity contribution in [1.82, 2.24) is 112 Å². The fourth-order valence-corrected chi connectivity index (χ4v) is 13.7. The maximum atomic E-state index is 14.5. The zero-order valence-corrected chi connectivity index (χ0v) is 78.7. The minimum Gasteiger partial charge on any atom is -0.508 e. The molecule has 0 saturated carbocycles. The normalized spacial score (nSPS) is 25.1. The van der Waals surface area contributed by atoms with E-state index in [0.29, 0.717) is 5.56 Å². The maximum Gasteiger partial charge on any atom is 0.244 e. The summed E-state index contributed by atoms with van der Waals surface area (Å²) in [4.78, 5) is 253. The van der Waals surface area contributed by atoms with Crippen LogP contribution in [0.3, 0.4) is 0 Å². The van der Waals surface area contributed by atoms with E-state index in [1.54, 1.807) is 55.4 Å². The number of thiol groups is 6. The third kappa shape index (κ3) is 42.2. The Kier molecular flexibility index (Phi) is 54.2. The minimum atomic E-state index is -1.57. The van der Waals surface area contributed by atoms with Gasteiger partial charge in [0.2, 0.25) is 106 Å². The first-order valence-electron chi connectivity index (χ1n) is 42.0. The smallest absolute Gasteiger partial charge is 0.244 e. The van der Waals surface area contributed by atoms with Gasteiger partial charge in [0.25, 0.3) is 0 Å². The van der Waals surface area contributed by atoms with Gasteiger partial charge in [-0.1, -0.05) is 93.2 Å². The number of amides is 18. The van der Waals surface area contributed by atoms with Gasteiger partial charge in [-0.3, -0.25) is 103 Å². The van der Waals surface area contributed by atoms with Crippen LogP contribution >= 0.6 is 75.8 Å². The van der Waals surface area contributed by atoms with Gasteiger partial charge in [-0.25, -0.2) is 0 Å². The van der Waals surface area contributed by atoms with Crippen molar-refractivity contribution < 1.29 is 91.4 Å². The third-order valence-electron chi connectivity index (χ3n) is 20.7. The zero-order chi connectivity index (χ0) is 97.3. The van der Waals surface area contributed by atoms with Gasteiger partial charge in [0, 0.05) is 60.6 Å². The van der Waals surface area contributed by atoms with Crippen LogP contribution in [0.5, 0.6) is 5.75 Å². The average molecular weight is 1930 g/mol. The highest BCUT2D eigenvalue weighted by Crippen LogP contribution is 2.17. The van der Waals surface area contributed by atoms with Crippen LogP contribution in [0, 0.1) is 39.9 Å². The van der Waals surface area contributed by atoms with E-state index < -0.39 is 282 Å². The molecule has 1 aliphatic heterocycles. The lowest BCUT2D eigenvalue weighted by Crippen LogP contribution is -2.62. The summed E-state index contributed by atoms with van der Waals surface area (Å²) in [5, 5.41) is 85.7. The minimum absolute atomic E-state index is 0.00964. The number of nitrogens with one attached hydrogen (secondary N) is 24. The third-order valence-corrected chi connectivity index (χ3v) is 22.9. The molecular weight excluding hydrogens is 1800 g/mol. The van der Waals surface area contributed by atoms with Crippen LogP contribution in [0.15, 0.2) is 24.3 Å². The second-order valence-corrected chi connectivity index (χ2v) is 32.8. The van der Waals surface area contributed by atoms with Gasteiger partial charge in [0.1, 0.15) is 90.3 Å². The van der Waals surface area contributed by atoms with Crippen molar-refractivity contribution in [2.24, 2.45) is 40.9 Å². The lowest BCUT2D eigenvalue weighted by atomic mass is 9.97. The molecule has 1 aromatic carbocycles. The lowest BCUT2D eigenvalue weighted by Gasteiger charge is -2.29. The predicted molar refractivity (Wildman–Crippen MR) is 499 cm³/mol. The number of aromatic hydroxyl groups is 1. The summed E-state index contributed by atoms with van der Waals surface area (Å²) in [5.41, 5.74) is 16.8. The van der Waals surface area contributed by atoms with E-state index in [4.69, 9.17) is 33.4 Å². The average Bonchev–Trinajstić information content (AvgIpc) is 0.854. The van der Waals surface area contributed by atoms with Gasteiger partial charge in [0.05, 0.1) is 26.2 Å². The number of nitrogens with two attached hydrogens (primary N) is 3. The Hall–Kier alpha value is -10.6. The van der Waals surface area contributed by atoms with Gasteiger partial charge in [-0.05, 0) is 79.9 Å². The highest BCUT2D eigenvalue weighted by Gasteiger charge is 2.40. The molecule has 1 saturated heterocycles. The van der Waals surface area contributed by atoms with E-state index in [0.717, 1.165) is 0 Å². The molecule has 52 heteroatoms. The van der Waals surface area contributed by atoms with Crippen molar-refractivity contribution in [3.63, 3.8) is 0 Å². The molecule has 2 rings (SSSR count). The molecule has 724 valence electrons. The Morgan fingerprint density at radius 1 is 0.318 bits per heavy atom. The van der Waals surface area contributed by atoms with Crippen molar-refractivity contribution in [2.75, 3.05) is 80.3 Å². The molecule has 0 aliphatic carbocycles. The number of carbonyl (C=O) groups excluding carboxylic acids is 18. The quantitative estimate of drug-likeness (QED) is 0.0160. The van der Waals surface area contributed by atoms with Crippen molar-refractivity contribution in [2.45, 2.75) is 211 Å². The summed E-state index contributed by atoms with van der Waals surface area (Å²) in [5.74, 6) is -23.6. The Bertz CT molecular complexity index is 4000. The molecule has 46 nitrogen and oxygen atoms in total. The summed E-state index contributed by atoms with van der Waals surface area (Å²) in [6.07, 6.45) is 0.456. The first kappa shape index (κ1) is 114. The molecule has 1 fully saturated rings. The molecular formula is C77H131N27O19S6. The van der Waals surface area contributed by atoms with E-state index in [1.807, 2.05) is 0 Å². The van der Waals surface area contributed by atoms with Crippen molar-refractivity contribution in [1.29, 1.82) is 16.2 Å². The molecule has 129 heavy (non-hydrogen) atoms. The number of carbonyl (C=O) groups is 18. The highest BCUT2D eigenvalue weighted by atomic mass is 32.1. The van der Waals surface area contributed by atoms with Crippen LogP contribution in [0.1, 0.15) is 125 Å². The molecule has 1 aliphatic rings. The summed E-state index contributed by atoms with van der Waals surface area (Å²) >= 11 is 25.8. The monoisotopic (exact) mass is 1930 g/mol. The standard InChI is InChI=1S/C77H131N27O19S6/c1-9-37(5)57-71(120)99-49(33-126)67(116)93-45(18-15-25-86-77(82)83)65(114)95-51(35-128)69(118)103-59(39(7)11-3)73(122)97-47(31-124)63(112)89-27-53(106)92-44(17-14-24-85-76(80)81)62(111)88-30-56(109)102-58(38(6)10-2)72(121)100-50(34-127)68(117)94-46(26-41-19-21-42(105)22-20-41)66(115)96-52(36-129)70(119)104-60(40(8)12-4)74(123)98-48(32-125)64(113)90-28-54(107)91-43(16-13-23-84-75(78)79)61(110)87-29-55(108)101-57/h19-22,37-40,43-52,57-60,105,124-129H,9-18,23-36H2,1-8H3,(H,87,110)(H,88,111)(H,89,112)(H,90,113)(H,91,107)(H,92,106)(H,93,116)(H,94,117)(H,95,114)(H,96,115)(H,97,122)(H,98,123)(H,99,120)(H,100,121)(H,101,108)(H,102,109)(H,103,118)(H,104,119)(H4,78,79,84)(H4,80,81,85)(H4,82,83,86)/t37-,38-,39-,40-,43-,44-,45-,46-,47-,48-,49-,50-,51-,52-,57-,58-,59-,60-/m0/s1. The van der Waals surface area contributed by atoms with Crippen molar-refractivity contribution >= 4 is 200 Å². The number of benzene rings is 1. The first-order valence-corrected chi connectivity index (χ1v) is 45.8. The fraction of sp³-hybridized carbons (Fsp3) is 0.649. The Labute approximate surface area is 782 Å². The molecule has 0 spiro atoms. The maximum absolute atomic E-state index is 14.5. The van der Waals surface area contributed by atoms with Gasteiger partial charge in [-0.15, -0.1) is 0 Å².